The molecule has 1 saturated heterocycles. The lowest BCUT2D eigenvalue weighted by atomic mass is 9.97. The molecule has 1 heterocycles. The van der Waals surface area contributed by atoms with Crippen molar-refractivity contribution in [2.45, 2.75) is 83.8 Å². The summed E-state index contributed by atoms with van der Waals surface area (Å²) in [6.07, 6.45) is 11.5. The summed E-state index contributed by atoms with van der Waals surface area (Å²) in [5.74, 6) is 0.633. The van der Waals surface area contributed by atoms with Crippen LogP contribution >= 0.6 is 0 Å². The van der Waals surface area contributed by atoms with E-state index in [-0.39, 0.29) is 29.8 Å². The van der Waals surface area contributed by atoms with Crippen molar-refractivity contribution in [3.05, 3.63) is 29.8 Å². The molecular weight excluding hydrogens is 368 g/mol. The second kappa shape index (κ2) is 13.2. The summed E-state index contributed by atoms with van der Waals surface area (Å²) < 4.78 is 0. The zero-order chi connectivity index (χ0) is 19.1. The van der Waals surface area contributed by atoms with Crippen molar-refractivity contribution in [1.29, 1.82) is 0 Å². The maximum atomic E-state index is 10.0. The normalized spacial score (nSPS) is 22.3. The standard InChI is InChI=1S/C22H38N4O.H2O.HO/c1-3-4-13-21(16-27)26-17-25(20-14-9-10-18(2)15-20)23-22(24-26)19-11-7-5-6-8-12-19;;/h9-10,14-15,19,21-24,27H,3-8,11-13,16-17H2,1-2H3;1H2;1H. The molecule has 2 unspecified atom stereocenters. The van der Waals surface area contributed by atoms with Gasteiger partial charge in [-0.1, -0.05) is 57.6 Å². The fraction of sp³-hybridized carbons (Fsp3) is 0.727. The number of anilines is 1. The monoisotopic (exact) mass is 409 g/mol. The van der Waals surface area contributed by atoms with Gasteiger partial charge in [0.15, 0.2) is 0 Å². The first-order chi connectivity index (χ1) is 13.2. The first kappa shape index (κ1) is 25.8. The number of unbranched alkanes of at least 4 members (excludes halogenated alkanes) is 1. The number of hydrogen-bond donors (Lipinski definition) is 4. The van der Waals surface area contributed by atoms with Crippen LogP contribution in [0.25, 0.3) is 0 Å². The van der Waals surface area contributed by atoms with Crippen LogP contribution in [0.15, 0.2) is 24.3 Å². The topological polar surface area (TPSA) is 112 Å². The van der Waals surface area contributed by atoms with E-state index in [4.69, 9.17) is 0 Å². The predicted octanol–water partition coefficient (Wildman–Crippen LogP) is 2.93. The number of aliphatic hydroxyl groups excluding tert-OH is 1. The summed E-state index contributed by atoms with van der Waals surface area (Å²) >= 11 is 0. The Morgan fingerprint density at radius 2 is 1.86 bits per heavy atom. The average molecular weight is 410 g/mol. The molecule has 29 heavy (non-hydrogen) atoms. The summed E-state index contributed by atoms with van der Waals surface area (Å²) in [4.78, 5) is 0. The lowest BCUT2D eigenvalue weighted by Crippen LogP contribution is -2.70. The SMILES string of the molecule is CCCCC(CO)N1CN(c2cccc(C)c2)NC(C2CCCCCC2)N1.O.[OH]. The molecule has 1 radical (unpaired) electrons. The zero-order valence-corrected chi connectivity index (χ0v) is 18.1. The predicted molar refractivity (Wildman–Crippen MR) is 118 cm³/mol. The van der Waals surface area contributed by atoms with E-state index >= 15 is 0 Å². The number of hydrogen-bond acceptors (Lipinski definition) is 5. The Balaban J connectivity index is 0.00000210. The van der Waals surface area contributed by atoms with Crippen LogP contribution in [0.1, 0.15) is 70.3 Å². The van der Waals surface area contributed by atoms with Crippen LogP contribution in [-0.2, 0) is 0 Å². The van der Waals surface area contributed by atoms with E-state index in [1.807, 2.05) is 0 Å². The molecule has 2 fully saturated rings. The molecule has 0 aromatic heterocycles. The van der Waals surface area contributed by atoms with Gasteiger partial charge in [-0.05, 0) is 49.8 Å². The van der Waals surface area contributed by atoms with Gasteiger partial charge in [-0.25, -0.2) is 15.9 Å². The van der Waals surface area contributed by atoms with Gasteiger partial charge in [0.05, 0.1) is 25.1 Å². The van der Waals surface area contributed by atoms with E-state index in [0.29, 0.717) is 5.92 Å². The second-order valence-corrected chi connectivity index (χ2v) is 8.34. The van der Waals surface area contributed by atoms with Gasteiger partial charge in [0, 0.05) is 6.04 Å². The third kappa shape index (κ3) is 7.20. The van der Waals surface area contributed by atoms with Crippen molar-refractivity contribution < 1.29 is 16.1 Å². The van der Waals surface area contributed by atoms with Crippen molar-refractivity contribution >= 4 is 5.69 Å². The molecule has 1 aromatic rings. The number of benzene rings is 1. The van der Waals surface area contributed by atoms with E-state index in [2.05, 4.69) is 59.0 Å². The fourth-order valence-corrected chi connectivity index (χ4v) is 4.42. The third-order valence-corrected chi connectivity index (χ3v) is 6.12. The van der Waals surface area contributed by atoms with Gasteiger partial charge >= 0.3 is 0 Å². The van der Waals surface area contributed by atoms with Gasteiger partial charge in [0.2, 0.25) is 0 Å². The maximum absolute atomic E-state index is 10.0. The third-order valence-electron chi connectivity index (χ3n) is 6.12. The first-order valence-corrected chi connectivity index (χ1v) is 10.9. The van der Waals surface area contributed by atoms with Crippen molar-refractivity contribution in [2.75, 3.05) is 18.3 Å². The highest BCUT2D eigenvalue weighted by Gasteiger charge is 2.33. The summed E-state index contributed by atoms with van der Waals surface area (Å²) in [7, 11) is 0. The molecule has 7 nitrogen and oxygen atoms in total. The Hall–Kier alpha value is -1.22. The minimum Gasteiger partial charge on any atom is -0.412 e. The Morgan fingerprint density at radius 1 is 1.14 bits per heavy atom. The fourth-order valence-electron chi connectivity index (χ4n) is 4.42. The highest BCUT2D eigenvalue weighted by atomic mass is 16.3. The molecule has 0 bridgehead atoms. The largest absolute Gasteiger partial charge is 0.412 e. The number of aryl methyl sites for hydroxylation is 1. The lowest BCUT2D eigenvalue weighted by molar-refractivity contribution is 0.000543. The van der Waals surface area contributed by atoms with Crippen LogP contribution in [0.3, 0.4) is 0 Å². The first-order valence-electron chi connectivity index (χ1n) is 10.9. The molecule has 7 heteroatoms. The smallest absolute Gasteiger partial charge is 0.0998 e. The van der Waals surface area contributed by atoms with Crippen molar-refractivity contribution in [3.8, 4) is 0 Å². The van der Waals surface area contributed by atoms with Gasteiger partial charge in [0.25, 0.3) is 0 Å². The molecule has 3 rings (SSSR count). The van der Waals surface area contributed by atoms with Crippen LogP contribution < -0.4 is 15.9 Å². The quantitative estimate of drug-likeness (QED) is 0.517. The summed E-state index contributed by atoms with van der Waals surface area (Å²) in [6.45, 7) is 5.30. The molecule has 0 spiro atoms. The Kier molecular flexibility index (Phi) is 11.7. The Morgan fingerprint density at radius 3 is 2.48 bits per heavy atom. The average Bonchev–Trinajstić information content (AvgIpc) is 2.98. The highest BCUT2D eigenvalue weighted by Crippen LogP contribution is 2.28. The second-order valence-electron chi connectivity index (χ2n) is 8.34. The van der Waals surface area contributed by atoms with Crippen molar-refractivity contribution in [3.63, 3.8) is 0 Å². The maximum Gasteiger partial charge on any atom is 0.0998 e. The van der Waals surface area contributed by atoms with E-state index in [1.54, 1.807) is 0 Å². The van der Waals surface area contributed by atoms with Crippen LogP contribution in [0.4, 0.5) is 5.69 Å². The Labute approximate surface area is 176 Å². The number of hydrazine groups is 2. The molecule has 1 aliphatic carbocycles. The molecule has 1 aliphatic heterocycles. The van der Waals surface area contributed by atoms with Gasteiger partial charge in [-0.15, -0.1) is 0 Å². The van der Waals surface area contributed by atoms with Gasteiger partial charge < -0.3 is 10.6 Å². The molecule has 6 N–H and O–H groups in total. The van der Waals surface area contributed by atoms with Crippen LogP contribution in [0.5, 0.6) is 0 Å². The van der Waals surface area contributed by atoms with Gasteiger partial charge in [0.1, 0.15) is 0 Å². The van der Waals surface area contributed by atoms with Crippen LogP contribution in [-0.4, -0.2) is 46.6 Å². The summed E-state index contributed by atoms with van der Waals surface area (Å²) in [5.41, 5.74) is 9.98. The number of rotatable bonds is 7. The summed E-state index contributed by atoms with van der Waals surface area (Å²) in [5, 5.41) is 14.6. The Bertz CT molecular complexity index is 567. The highest BCUT2D eigenvalue weighted by molar-refractivity contribution is 5.47. The van der Waals surface area contributed by atoms with Crippen LogP contribution in [0.2, 0.25) is 0 Å². The van der Waals surface area contributed by atoms with Crippen LogP contribution in [0, 0.1) is 12.8 Å². The molecule has 2 atom stereocenters. The van der Waals surface area contributed by atoms with E-state index in [1.165, 1.54) is 49.8 Å². The zero-order valence-electron chi connectivity index (χ0n) is 18.1. The lowest BCUT2D eigenvalue weighted by Gasteiger charge is -2.47. The molecule has 0 amide bonds. The summed E-state index contributed by atoms with van der Waals surface area (Å²) in [6, 6.07) is 8.84. The van der Waals surface area contributed by atoms with Crippen molar-refractivity contribution in [2.24, 2.45) is 5.92 Å². The molecular formula is C22H41N4O3. The minimum atomic E-state index is 0. The number of nitrogens with zero attached hydrogens (tertiary/aromatic N) is 2. The van der Waals surface area contributed by atoms with Crippen molar-refractivity contribution in [1.82, 2.24) is 15.9 Å². The molecule has 1 saturated carbocycles. The number of nitrogens with one attached hydrogen (secondary N) is 2. The minimum absolute atomic E-state index is 0. The van der Waals surface area contributed by atoms with E-state index in [9.17, 15) is 5.11 Å². The van der Waals surface area contributed by atoms with E-state index in [0.717, 1.165) is 25.9 Å². The molecule has 1 aromatic carbocycles. The van der Waals surface area contributed by atoms with Gasteiger partial charge in [-0.2, -0.15) is 0 Å². The molecule has 167 valence electrons. The number of aliphatic hydroxyl groups is 1. The molecule has 2 aliphatic rings. The van der Waals surface area contributed by atoms with E-state index < -0.39 is 0 Å². The van der Waals surface area contributed by atoms with Gasteiger partial charge in [-0.3, -0.25) is 10.5 Å².